The van der Waals surface area contributed by atoms with Crippen LogP contribution in [0.3, 0.4) is 0 Å². The van der Waals surface area contributed by atoms with E-state index in [1.807, 2.05) is 6.07 Å². The standard InChI is InChI=1S/C23H27N5OS2/c1-16-6-8-17(9-7-16)21(19-5-4-14-30-19)24-20(29)15-31-23-26-25-22(27-12-2-3-13-27)28(23)18-10-11-18/h4-9,14,18,21H,2-3,10-13,15H2,1H3,(H,24,29). The molecule has 6 nitrogen and oxygen atoms in total. The lowest BCUT2D eigenvalue weighted by Crippen LogP contribution is -2.30. The fourth-order valence-electron chi connectivity index (χ4n) is 4.02. The number of carbonyl (C=O) groups excluding carboxylic acids is 1. The van der Waals surface area contributed by atoms with Gasteiger partial charge in [-0.3, -0.25) is 9.36 Å². The third-order valence-electron chi connectivity index (χ3n) is 5.82. The molecule has 1 saturated carbocycles. The molecule has 162 valence electrons. The largest absolute Gasteiger partial charge is 0.344 e. The summed E-state index contributed by atoms with van der Waals surface area (Å²) in [5.74, 6) is 1.33. The minimum Gasteiger partial charge on any atom is -0.344 e. The van der Waals surface area contributed by atoms with Crippen molar-refractivity contribution in [2.24, 2.45) is 0 Å². The van der Waals surface area contributed by atoms with Gasteiger partial charge >= 0.3 is 0 Å². The van der Waals surface area contributed by atoms with E-state index in [1.54, 1.807) is 11.3 Å². The Morgan fingerprint density at radius 1 is 1.19 bits per heavy atom. The number of hydrogen-bond donors (Lipinski definition) is 1. The van der Waals surface area contributed by atoms with Crippen LogP contribution in [0.25, 0.3) is 0 Å². The summed E-state index contributed by atoms with van der Waals surface area (Å²) < 4.78 is 2.26. The average molecular weight is 454 g/mol. The number of hydrogen-bond acceptors (Lipinski definition) is 6. The maximum absolute atomic E-state index is 12.9. The van der Waals surface area contributed by atoms with Gasteiger partial charge in [0.15, 0.2) is 5.16 Å². The Balaban J connectivity index is 1.28. The van der Waals surface area contributed by atoms with E-state index in [4.69, 9.17) is 0 Å². The zero-order chi connectivity index (χ0) is 21.2. The first kappa shape index (κ1) is 20.6. The molecule has 2 fully saturated rings. The van der Waals surface area contributed by atoms with Crippen molar-refractivity contribution in [1.29, 1.82) is 0 Å². The van der Waals surface area contributed by atoms with Crippen LogP contribution < -0.4 is 10.2 Å². The number of carbonyl (C=O) groups is 1. The van der Waals surface area contributed by atoms with Crippen LogP contribution in [-0.4, -0.2) is 39.5 Å². The molecule has 1 N–H and O–H groups in total. The molecule has 31 heavy (non-hydrogen) atoms. The highest BCUT2D eigenvalue weighted by atomic mass is 32.2. The molecular formula is C23H27N5OS2. The molecule has 1 aromatic carbocycles. The third-order valence-corrected chi connectivity index (χ3v) is 7.70. The lowest BCUT2D eigenvalue weighted by molar-refractivity contribution is -0.119. The van der Waals surface area contributed by atoms with Gasteiger partial charge in [-0.1, -0.05) is 47.7 Å². The summed E-state index contributed by atoms with van der Waals surface area (Å²) in [7, 11) is 0. The molecule has 1 atom stereocenters. The van der Waals surface area contributed by atoms with Gasteiger partial charge < -0.3 is 10.2 Å². The van der Waals surface area contributed by atoms with Crippen molar-refractivity contribution >= 4 is 35.0 Å². The number of nitrogens with zero attached hydrogens (tertiary/aromatic N) is 4. The van der Waals surface area contributed by atoms with Crippen molar-refractivity contribution in [3.63, 3.8) is 0 Å². The number of aromatic nitrogens is 3. The van der Waals surface area contributed by atoms with Gasteiger partial charge in [0, 0.05) is 24.0 Å². The lowest BCUT2D eigenvalue weighted by atomic mass is 10.0. The Morgan fingerprint density at radius 3 is 2.65 bits per heavy atom. The minimum atomic E-state index is -0.129. The molecule has 8 heteroatoms. The number of anilines is 1. The average Bonchev–Trinajstić information content (AvgIpc) is 3.21. The van der Waals surface area contributed by atoms with Crippen molar-refractivity contribution in [1.82, 2.24) is 20.1 Å². The van der Waals surface area contributed by atoms with E-state index in [0.717, 1.165) is 34.6 Å². The van der Waals surface area contributed by atoms with Crippen molar-refractivity contribution in [3.05, 3.63) is 57.8 Å². The van der Waals surface area contributed by atoms with E-state index < -0.39 is 0 Å². The highest BCUT2D eigenvalue weighted by molar-refractivity contribution is 7.99. The highest BCUT2D eigenvalue weighted by Gasteiger charge is 2.32. The van der Waals surface area contributed by atoms with Crippen LogP contribution in [0.4, 0.5) is 5.95 Å². The number of nitrogens with one attached hydrogen (secondary N) is 1. The number of amides is 1. The van der Waals surface area contributed by atoms with Crippen molar-refractivity contribution < 1.29 is 4.79 Å². The fourth-order valence-corrected chi connectivity index (χ4v) is 5.63. The van der Waals surface area contributed by atoms with Gasteiger partial charge in [0.25, 0.3) is 0 Å². The molecule has 3 heterocycles. The Bertz CT molecular complexity index is 1020. The molecule has 1 amide bonds. The van der Waals surface area contributed by atoms with Crippen LogP contribution in [0.5, 0.6) is 0 Å². The van der Waals surface area contributed by atoms with Crippen molar-refractivity contribution in [2.75, 3.05) is 23.7 Å². The predicted molar refractivity (Wildman–Crippen MR) is 126 cm³/mol. The van der Waals surface area contributed by atoms with E-state index in [9.17, 15) is 4.79 Å². The zero-order valence-corrected chi connectivity index (χ0v) is 19.3. The van der Waals surface area contributed by atoms with Gasteiger partial charge in [-0.05, 0) is 49.6 Å². The summed E-state index contributed by atoms with van der Waals surface area (Å²) >= 11 is 3.16. The number of thioether (sulfide) groups is 1. The number of thiophene rings is 1. The van der Waals surface area contributed by atoms with E-state index >= 15 is 0 Å². The Kier molecular flexibility index (Phi) is 6.00. The number of benzene rings is 1. The van der Waals surface area contributed by atoms with Gasteiger partial charge in [0.05, 0.1) is 11.8 Å². The van der Waals surface area contributed by atoms with Crippen LogP contribution in [-0.2, 0) is 4.79 Å². The summed E-state index contributed by atoms with van der Waals surface area (Å²) in [4.78, 5) is 16.4. The molecule has 1 unspecified atom stereocenters. The Morgan fingerprint density at radius 2 is 1.97 bits per heavy atom. The second-order valence-electron chi connectivity index (χ2n) is 8.29. The minimum absolute atomic E-state index is 0.0112. The molecule has 2 aliphatic rings. The van der Waals surface area contributed by atoms with E-state index in [-0.39, 0.29) is 11.9 Å². The van der Waals surface area contributed by atoms with Crippen molar-refractivity contribution in [2.45, 2.75) is 49.8 Å². The molecule has 0 bridgehead atoms. The molecule has 3 aromatic rings. The van der Waals surface area contributed by atoms with Gasteiger partial charge in [-0.2, -0.15) is 0 Å². The van der Waals surface area contributed by atoms with Crippen LogP contribution in [0.15, 0.2) is 46.9 Å². The summed E-state index contributed by atoms with van der Waals surface area (Å²) in [5, 5.41) is 15.1. The lowest BCUT2D eigenvalue weighted by Gasteiger charge is -2.19. The van der Waals surface area contributed by atoms with E-state index in [1.165, 1.54) is 43.0 Å². The maximum atomic E-state index is 12.9. The molecule has 0 spiro atoms. The topological polar surface area (TPSA) is 63.1 Å². The second kappa shape index (κ2) is 9.04. The van der Waals surface area contributed by atoms with Crippen LogP contribution in [0.1, 0.15) is 53.8 Å². The first-order valence-corrected chi connectivity index (χ1v) is 12.8. The molecular weight excluding hydrogens is 426 g/mol. The normalized spacial score (nSPS) is 17.1. The molecule has 1 aliphatic carbocycles. The number of aryl methyl sites for hydroxylation is 1. The molecule has 5 rings (SSSR count). The summed E-state index contributed by atoms with van der Waals surface area (Å²) in [5.41, 5.74) is 2.31. The fraction of sp³-hybridized carbons (Fsp3) is 0.435. The quantitative estimate of drug-likeness (QED) is 0.506. The van der Waals surface area contributed by atoms with E-state index in [0.29, 0.717) is 11.8 Å². The Hall–Kier alpha value is -2.32. The van der Waals surface area contributed by atoms with Gasteiger partial charge in [-0.15, -0.1) is 21.5 Å². The van der Waals surface area contributed by atoms with Crippen LogP contribution >= 0.6 is 23.1 Å². The van der Waals surface area contributed by atoms with Crippen LogP contribution in [0, 0.1) is 6.92 Å². The second-order valence-corrected chi connectivity index (χ2v) is 10.2. The maximum Gasteiger partial charge on any atom is 0.231 e. The molecule has 0 radical (unpaired) electrons. The summed E-state index contributed by atoms with van der Waals surface area (Å²) in [6.45, 7) is 4.18. The molecule has 2 aromatic heterocycles. The number of rotatable bonds is 8. The van der Waals surface area contributed by atoms with E-state index in [2.05, 4.69) is 67.6 Å². The monoisotopic (exact) mass is 453 g/mol. The zero-order valence-electron chi connectivity index (χ0n) is 17.7. The smallest absolute Gasteiger partial charge is 0.231 e. The predicted octanol–water partition coefficient (Wildman–Crippen LogP) is 4.58. The molecule has 1 saturated heterocycles. The van der Waals surface area contributed by atoms with Gasteiger partial charge in [-0.25, -0.2) is 0 Å². The Labute approximate surface area is 191 Å². The van der Waals surface area contributed by atoms with Gasteiger partial charge in [0.2, 0.25) is 11.9 Å². The first-order valence-electron chi connectivity index (χ1n) is 10.9. The third kappa shape index (κ3) is 4.65. The molecule has 1 aliphatic heterocycles. The summed E-state index contributed by atoms with van der Waals surface area (Å²) in [6.07, 6.45) is 4.77. The first-order chi connectivity index (χ1) is 15.2. The SMILES string of the molecule is Cc1ccc(C(NC(=O)CSc2nnc(N3CCCC3)n2C2CC2)c2cccs2)cc1. The highest BCUT2D eigenvalue weighted by Crippen LogP contribution is 2.41. The van der Waals surface area contributed by atoms with Crippen LogP contribution in [0.2, 0.25) is 0 Å². The van der Waals surface area contributed by atoms with Crippen molar-refractivity contribution in [3.8, 4) is 0 Å². The van der Waals surface area contributed by atoms with Gasteiger partial charge in [0.1, 0.15) is 0 Å². The summed E-state index contributed by atoms with van der Waals surface area (Å²) in [6, 6.07) is 12.8.